The Labute approximate surface area is 152 Å². The molecule has 2 aliphatic heterocycles. The molecule has 2 aromatic rings. The Hall–Kier alpha value is -2.80. The summed E-state index contributed by atoms with van der Waals surface area (Å²) in [6.45, 7) is 7.31. The predicted molar refractivity (Wildman–Crippen MR) is 97.4 cm³/mol. The van der Waals surface area contributed by atoms with E-state index in [1.54, 1.807) is 6.26 Å². The quantitative estimate of drug-likeness (QED) is 0.905. The van der Waals surface area contributed by atoms with E-state index in [4.69, 9.17) is 9.26 Å². The number of hydrogen-bond acceptors (Lipinski definition) is 7. The standard InChI is InChI=1S/C19H23N5O2/c1-14-3-4-16(9-20-14)19-17(13-26-22-19)12-24-6-5-18(10-21-24)23-7-8-25-15(2)11-23/h3-6,9-10,13,15,21H,7-8,11-12H2,1-2H3/t15-/m1/s1. The van der Waals surface area contributed by atoms with Crippen LogP contribution in [0.2, 0.25) is 0 Å². The van der Waals surface area contributed by atoms with Gasteiger partial charge in [-0.3, -0.25) is 9.99 Å². The number of ether oxygens (including phenoxy) is 1. The highest BCUT2D eigenvalue weighted by Crippen LogP contribution is 2.23. The molecule has 0 unspecified atom stereocenters. The first kappa shape index (κ1) is 16.7. The molecule has 4 rings (SSSR count). The SMILES string of the molecule is Cc1ccc(-c2nocc2CN2C=CC(N3CCO[C@H](C)C3)=CN2)cn1. The molecule has 0 aromatic carbocycles. The van der Waals surface area contributed by atoms with Crippen molar-refractivity contribution in [3.8, 4) is 11.3 Å². The molecule has 2 aromatic heterocycles. The van der Waals surface area contributed by atoms with Crippen LogP contribution in [0.1, 0.15) is 18.2 Å². The van der Waals surface area contributed by atoms with Crippen LogP contribution in [0.5, 0.6) is 0 Å². The van der Waals surface area contributed by atoms with E-state index >= 15 is 0 Å². The number of aryl methyl sites for hydroxylation is 1. The summed E-state index contributed by atoms with van der Waals surface area (Å²) < 4.78 is 10.8. The number of hydrazine groups is 1. The predicted octanol–water partition coefficient (Wildman–Crippen LogP) is 2.44. The van der Waals surface area contributed by atoms with Crippen LogP contribution in [0.3, 0.4) is 0 Å². The minimum atomic E-state index is 0.263. The molecular weight excluding hydrogens is 330 g/mol. The molecule has 7 heteroatoms. The lowest BCUT2D eigenvalue weighted by Gasteiger charge is -2.35. The molecule has 2 aliphatic rings. The highest BCUT2D eigenvalue weighted by atomic mass is 16.5. The Morgan fingerprint density at radius 1 is 1.35 bits per heavy atom. The molecule has 1 N–H and O–H groups in total. The van der Waals surface area contributed by atoms with Gasteiger partial charge in [-0.1, -0.05) is 5.16 Å². The Morgan fingerprint density at radius 2 is 2.27 bits per heavy atom. The molecule has 0 saturated carbocycles. The van der Waals surface area contributed by atoms with E-state index in [0.29, 0.717) is 6.54 Å². The zero-order valence-electron chi connectivity index (χ0n) is 15.1. The summed E-state index contributed by atoms with van der Waals surface area (Å²) in [4.78, 5) is 6.67. The number of nitrogens with zero attached hydrogens (tertiary/aromatic N) is 4. The number of morpholine rings is 1. The van der Waals surface area contributed by atoms with Crippen molar-refractivity contribution in [1.82, 2.24) is 25.5 Å². The van der Waals surface area contributed by atoms with Gasteiger partial charge in [-0.2, -0.15) is 0 Å². The highest BCUT2D eigenvalue weighted by molar-refractivity contribution is 5.61. The van der Waals surface area contributed by atoms with Gasteiger partial charge in [-0.25, -0.2) is 0 Å². The molecule has 1 atom stereocenters. The Balaban J connectivity index is 1.42. The lowest BCUT2D eigenvalue weighted by molar-refractivity contribution is -0.00513. The van der Waals surface area contributed by atoms with Crippen LogP contribution in [-0.4, -0.2) is 45.8 Å². The van der Waals surface area contributed by atoms with Crippen molar-refractivity contribution in [3.05, 3.63) is 60.0 Å². The average molecular weight is 353 g/mol. The van der Waals surface area contributed by atoms with Crippen LogP contribution in [0.15, 0.2) is 53.3 Å². The van der Waals surface area contributed by atoms with Crippen molar-refractivity contribution in [3.63, 3.8) is 0 Å². The van der Waals surface area contributed by atoms with Crippen molar-refractivity contribution >= 4 is 0 Å². The maximum Gasteiger partial charge on any atom is 0.129 e. The summed E-state index contributed by atoms with van der Waals surface area (Å²) in [6.07, 6.45) is 9.97. The van der Waals surface area contributed by atoms with Gasteiger partial charge in [-0.05, 0) is 32.1 Å². The summed E-state index contributed by atoms with van der Waals surface area (Å²) in [7, 11) is 0. The molecule has 0 aliphatic carbocycles. The van der Waals surface area contributed by atoms with Crippen LogP contribution in [-0.2, 0) is 11.3 Å². The molecule has 26 heavy (non-hydrogen) atoms. The molecule has 0 amide bonds. The Kier molecular flexibility index (Phi) is 4.62. The van der Waals surface area contributed by atoms with Gasteiger partial charge in [0.05, 0.1) is 25.0 Å². The fraction of sp³-hybridized carbons (Fsp3) is 0.368. The first-order valence-electron chi connectivity index (χ1n) is 8.83. The Bertz CT molecular complexity index is 812. The first-order chi connectivity index (χ1) is 12.7. The van der Waals surface area contributed by atoms with Crippen molar-refractivity contribution in [2.24, 2.45) is 0 Å². The lowest BCUT2D eigenvalue weighted by atomic mass is 10.1. The van der Waals surface area contributed by atoms with Gasteiger partial charge >= 0.3 is 0 Å². The van der Waals surface area contributed by atoms with Crippen LogP contribution >= 0.6 is 0 Å². The average Bonchev–Trinajstić information content (AvgIpc) is 3.11. The van der Waals surface area contributed by atoms with E-state index in [1.165, 1.54) is 5.70 Å². The summed E-state index contributed by atoms with van der Waals surface area (Å²) in [5, 5.41) is 6.15. The molecular formula is C19H23N5O2. The second kappa shape index (κ2) is 7.21. The number of aromatic nitrogens is 2. The smallest absolute Gasteiger partial charge is 0.129 e. The molecule has 136 valence electrons. The maximum absolute atomic E-state index is 5.61. The van der Waals surface area contributed by atoms with Crippen LogP contribution in [0.25, 0.3) is 11.3 Å². The van der Waals surface area contributed by atoms with Crippen molar-refractivity contribution in [2.45, 2.75) is 26.5 Å². The van der Waals surface area contributed by atoms with Gasteiger partial charge in [0, 0.05) is 48.5 Å². The molecule has 0 radical (unpaired) electrons. The zero-order chi connectivity index (χ0) is 17.9. The van der Waals surface area contributed by atoms with Gasteiger partial charge in [-0.15, -0.1) is 0 Å². The summed E-state index contributed by atoms with van der Waals surface area (Å²) in [6, 6.07) is 3.99. The van der Waals surface area contributed by atoms with E-state index in [1.807, 2.05) is 42.7 Å². The minimum Gasteiger partial charge on any atom is -0.375 e. The van der Waals surface area contributed by atoms with E-state index in [-0.39, 0.29) is 6.10 Å². The largest absolute Gasteiger partial charge is 0.375 e. The third kappa shape index (κ3) is 3.57. The molecule has 7 nitrogen and oxygen atoms in total. The highest BCUT2D eigenvalue weighted by Gasteiger charge is 2.20. The first-order valence-corrected chi connectivity index (χ1v) is 8.83. The monoisotopic (exact) mass is 353 g/mol. The van der Waals surface area contributed by atoms with Crippen molar-refractivity contribution in [1.29, 1.82) is 0 Å². The lowest BCUT2D eigenvalue weighted by Crippen LogP contribution is -2.42. The fourth-order valence-corrected chi connectivity index (χ4v) is 3.15. The number of rotatable bonds is 4. The number of allylic oxidation sites excluding steroid dienone is 1. The van der Waals surface area contributed by atoms with Gasteiger partial charge in [0.25, 0.3) is 0 Å². The zero-order valence-corrected chi connectivity index (χ0v) is 15.1. The fourth-order valence-electron chi connectivity index (χ4n) is 3.15. The normalized spacial score (nSPS) is 20.1. The van der Waals surface area contributed by atoms with Crippen LogP contribution in [0.4, 0.5) is 0 Å². The third-order valence-corrected chi connectivity index (χ3v) is 4.58. The van der Waals surface area contributed by atoms with Gasteiger partial charge in [0.15, 0.2) is 0 Å². The molecule has 1 fully saturated rings. The molecule has 4 heterocycles. The second-order valence-electron chi connectivity index (χ2n) is 6.65. The van der Waals surface area contributed by atoms with Gasteiger partial charge < -0.3 is 19.6 Å². The number of pyridine rings is 1. The van der Waals surface area contributed by atoms with E-state index in [9.17, 15) is 0 Å². The Morgan fingerprint density at radius 3 is 3.00 bits per heavy atom. The molecule has 0 bridgehead atoms. The summed E-state index contributed by atoms with van der Waals surface area (Å²) >= 11 is 0. The second-order valence-corrected chi connectivity index (χ2v) is 6.65. The van der Waals surface area contributed by atoms with Crippen LogP contribution in [0, 0.1) is 6.92 Å². The number of hydrogen-bond donors (Lipinski definition) is 1. The molecule has 1 saturated heterocycles. The minimum absolute atomic E-state index is 0.263. The van der Waals surface area contributed by atoms with E-state index in [0.717, 1.165) is 42.2 Å². The van der Waals surface area contributed by atoms with E-state index in [2.05, 4.69) is 33.5 Å². The maximum atomic E-state index is 5.61. The molecule has 0 spiro atoms. The van der Waals surface area contributed by atoms with E-state index < -0.39 is 0 Å². The van der Waals surface area contributed by atoms with Gasteiger partial charge in [0.2, 0.25) is 0 Å². The van der Waals surface area contributed by atoms with Crippen molar-refractivity contribution < 1.29 is 9.26 Å². The number of nitrogens with one attached hydrogen (secondary N) is 1. The van der Waals surface area contributed by atoms with Crippen LogP contribution < -0.4 is 5.43 Å². The topological polar surface area (TPSA) is 66.7 Å². The third-order valence-electron chi connectivity index (χ3n) is 4.58. The van der Waals surface area contributed by atoms with Crippen molar-refractivity contribution in [2.75, 3.05) is 19.7 Å². The van der Waals surface area contributed by atoms with Gasteiger partial charge in [0.1, 0.15) is 12.0 Å². The summed E-state index contributed by atoms with van der Waals surface area (Å²) in [5.41, 5.74) is 8.26. The summed E-state index contributed by atoms with van der Waals surface area (Å²) in [5.74, 6) is 0.